The lowest BCUT2D eigenvalue weighted by Gasteiger charge is -2.32. The number of carbonyl (C=O) groups is 1. The summed E-state index contributed by atoms with van der Waals surface area (Å²) in [5.41, 5.74) is 0. The highest BCUT2D eigenvalue weighted by Gasteiger charge is 2.64. The largest absolute Gasteiger partial charge is 0.465 e. The van der Waals surface area contributed by atoms with E-state index < -0.39 is 18.1 Å². The molecule has 0 heterocycles. The number of halogens is 5. The fourth-order valence-electron chi connectivity index (χ4n) is 5.02. The molecule has 0 radical (unpaired) electrons. The van der Waals surface area contributed by atoms with Crippen LogP contribution in [0.1, 0.15) is 90.4 Å². The summed E-state index contributed by atoms with van der Waals surface area (Å²) in [7, 11) is 0. The van der Waals surface area contributed by atoms with E-state index in [1.807, 2.05) is 0 Å². The number of rotatable bonds is 9. The van der Waals surface area contributed by atoms with Crippen molar-refractivity contribution in [2.45, 2.75) is 102 Å². The number of esters is 1. The molecule has 29 heavy (non-hydrogen) atoms. The third kappa shape index (κ3) is 7.39. The highest BCUT2D eigenvalue weighted by Crippen LogP contribution is 2.39. The normalized spacial score (nSPS) is 28.9. The van der Waals surface area contributed by atoms with Crippen molar-refractivity contribution >= 4 is 5.97 Å². The minimum Gasteiger partial charge on any atom is -0.461 e. The Morgan fingerprint density at radius 1 is 0.724 bits per heavy atom. The van der Waals surface area contributed by atoms with Crippen LogP contribution in [-0.2, 0) is 9.53 Å². The SMILES string of the molecule is CCCC1CCC(CCC2CCC(CCOC(=O)C(F)(F)C(F)(F)F)CC2)CC1. The van der Waals surface area contributed by atoms with Crippen LogP contribution < -0.4 is 0 Å². The summed E-state index contributed by atoms with van der Waals surface area (Å²) in [5.74, 6) is -5.21. The molecule has 2 nitrogen and oxygen atoms in total. The summed E-state index contributed by atoms with van der Waals surface area (Å²) in [6.45, 7) is 1.88. The van der Waals surface area contributed by atoms with Crippen molar-refractivity contribution in [1.82, 2.24) is 0 Å². The number of hydrogen-bond acceptors (Lipinski definition) is 2. The predicted molar refractivity (Wildman–Crippen MR) is 102 cm³/mol. The molecule has 0 aromatic rings. The molecule has 0 aliphatic heterocycles. The van der Waals surface area contributed by atoms with Gasteiger partial charge in [-0.15, -0.1) is 0 Å². The van der Waals surface area contributed by atoms with Crippen LogP contribution in [-0.4, -0.2) is 24.7 Å². The predicted octanol–water partition coefficient (Wildman–Crippen LogP) is 7.31. The molecule has 0 bridgehead atoms. The van der Waals surface area contributed by atoms with Crippen molar-refractivity contribution in [2.75, 3.05) is 6.61 Å². The Bertz CT molecular complexity index is 490. The maximum absolute atomic E-state index is 12.8. The highest BCUT2D eigenvalue weighted by atomic mass is 19.4. The summed E-state index contributed by atoms with van der Waals surface area (Å²) >= 11 is 0. The van der Waals surface area contributed by atoms with Crippen molar-refractivity contribution < 1.29 is 31.5 Å². The van der Waals surface area contributed by atoms with Gasteiger partial charge in [0, 0.05) is 0 Å². The van der Waals surface area contributed by atoms with Gasteiger partial charge in [-0.1, -0.05) is 84.0 Å². The summed E-state index contributed by atoms with van der Waals surface area (Å²) in [6, 6.07) is 0. The van der Waals surface area contributed by atoms with Gasteiger partial charge < -0.3 is 4.74 Å². The molecule has 7 heteroatoms. The van der Waals surface area contributed by atoms with Crippen LogP contribution in [0.25, 0.3) is 0 Å². The molecular weight excluding hydrogens is 391 g/mol. The third-order valence-corrected chi connectivity index (χ3v) is 6.98. The van der Waals surface area contributed by atoms with E-state index in [9.17, 15) is 26.7 Å². The van der Waals surface area contributed by atoms with E-state index in [1.54, 1.807) is 0 Å². The van der Waals surface area contributed by atoms with E-state index in [0.29, 0.717) is 12.3 Å². The lowest BCUT2D eigenvalue weighted by molar-refractivity contribution is -0.280. The summed E-state index contributed by atoms with van der Waals surface area (Å²) in [6.07, 6.45) is 9.08. The molecule has 2 aliphatic rings. The van der Waals surface area contributed by atoms with Gasteiger partial charge in [-0.25, -0.2) is 4.79 Å². The summed E-state index contributed by atoms with van der Waals surface area (Å²) < 4.78 is 66.2. The molecule has 0 atom stereocenters. The summed E-state index contributed by atoms with van der Waals surface area (Å²) in [5, 5.41) is 0. The Hall–Kier alpha value is -0.880. The van der Waals surface area contributed by atoms with Crippen molar-refractivity contribution in [3.05, 3.63) is 0 Å². The van der Waals surface area contributed by atoms with Crippen molar-refractivity contribution in [3.8, 4) is 0 Å². The zero-order valence-corrected chi connectivity index (χ0v) is 17.4. The first-order chi connectivity index (χ1) is 13.6. The summed E-state index contributed by atoms with van der Waals surface area (Å²) in [4.78, 5) is 11.0. The van der Waals surface area contributed by atoms with E-state index in [2.05, 4.69) is 11.7 Å². The van der Waals surface area contributed by atoms with Crippen LogP contribution in [0.4, 0.5) is 22.0 Å². The van der Waals surface area contributed by atoms with E-state index in [4.69, 9.17) is 0 Å². The maximum Gasteiger partial charge on any atom is 0.465 e. The Labute approximate surface area is 170 Å². The minimum atomic E-state index is -5.91. The number of ether oxygens (including phenoxy) is 1. The van der Waals surface area contributed by atoms with E-state index in [1.165, 1.54) is 51.4 Å². The molecule has 0 N–H and O–H groups in total. The van der Waals surface area contributed by atoms with Gasteiger partial charge >= 0.3 is 18.1 Å². The van der Waals surface area contributed by atoms with E-state index in [0.717, 1.165) is 37.5 Å². The van der Waals surface area contributed by atoms with Crippen molar-refractivity contribution in [3.63, 3.8) is 0 Å². The molecule has 2 fully saturated rings. The fraction of sp³-hybridized carbons (Fsp3) is 0.955. The average Bonchev–Trinajstić information content (AvgIpc) is 2.67. The van der Waals surface area contributed by atoms with Gasteiger partial charge in [0.15, 0.2) is 0 Å². The maximum atomic E-state index is 12.8. The van der Waals surface area contributed by atoms with Crippen LogP contribution in [0.15, 0.2) is 0 Å². The van der Waals surface area contributed by atoms with Crippen molar-refractivity contribution in [1.29, 1.82) is 0 Å². The number of hydrogen-bond donors (Lipinski definition) is 0. The Balaban J connectivity index is 1.57. The molecule has 0 saturated heterocycles. The van der Waals surface area contributed by atoms with Crippen LogP contribution in [0.5, 0.6) is 0 Å². The minimum absolute atomic E-state index is 0.239. The quantitative estimate of drug-likeness (QED) is 0.285. The standard InChI is InChI=1S/C22H35F5O2/c1-2-3-16-4-6-17(7-5-16)8-9-18-10-12-19(13-11-18)14-15-29-20(28)21(23,24)22(25,26)27/h16-19H,2-15H2,1H3. The van der Waals surface area contributed by atoms with Gasteiger partial charge in [0.25, 0.3) is 0 Å². The van der Waals surface area contributed by atoms with Crippen LogP contribution in [0.3, 0.4) is 0 Å². The lowest BCUT2D eigenvalue weighted by Crippen LogP contribution is -2.45. The first-order valence-corrected chi connectivity index (χ1v) is 11.2. The van der Waals surface area contributed by atoms with E-state index in [-0.39, 0.29) is 12.5 Å². The molecule has 2 rings (SSSR count). The van der Waals surface area contributed by atoms with Gasteiger partial charge in [0.2, 0.25) is 0 Å². The van der Waals surface area contributed by atoms with Gasteiger partial charge in [-0.2, -0.15) is 22.0 Å². The first-order valence-electron chi connectivity index (χ1n) is 11.2. The Morgan fingerprint density at radius 2 is 1.10 bits per heavy atom. The second-order valence-electron chi connectivity index (χ2n) is 9.14. The molecule has 0 amide bonds. The van der Waals surface area contributed by atoms with Gasteiger partial charge in [-0.05, 0) is 30.1 Å². The molecule has 2 saturated carbocycles. The fourth-order valence-corrected chi connectivity index (χ4v) is 5.02. The van der Waals surface area contributed by atoms with Crippen molar-refractivity contribution in [2.24, 2.45) is 23.7 Å². The second-order valence-corrected chi connectivity index (χ2v) is 9.14. The Kier molecular flexibility index (Phi) is 9.20. The van der Waals surface area contributed by atoms with Gasteiger partial charge in [0.05, 0.1) is 6.61 Å². The van der Waals surface area contributed by atoms with Crippen LogP contribution in [0.2, 0.25) is 0 Å². The first kappa shape index (κ1) is 24.4. The zero-order chi connectivity index (χ0) is 21.5. The van der Waals surface area contributed by atoms with Gasteiger partial charge in [-0.3, -0.25) is 0 Å². The number of alkyl halides is 5. The average molecular weight is 427 g/mol. The third-order valence-electron chi connectivity index (χ3n) is 6.98. The highest BCUT2D eigenvalue weighted by molar-refractivity contribution is 5.78. The van der Waals surface area contributed by atoms with E-state index >= 15 is 0 Å². The molecular formula is C22H35F5O2. The van der Waals surface area contributed by atoms with Crippen LogP contribution >= 0.6 is 0 Å². The lowest BCUT2D eigenvalue weighted by atomic mass is 9.74. The van der Waals surface area contributed by atoms with Gasteiger partial charge in [0.1, 0.15) is 0 Å². The molecule has 2 aliphatic carbocycles. The topological polar surface area (TPSA) is 26.3 Å². The van der Waals surface area contributed by atoms with Crippen LogP contribution in [0, 0.1) is 23.7 Å². The molecule has 0 aromatic heterocycles. The Morgan fingerprint density at radius 3 is 1.48 bits per heavy atom. The monoisotopic (exact) mass is 426 g/mol. The second kappa shape index (κ2) is 10.9. The zero-order valence-electron chi connectivity index (χ0n) is 17.4. The molecule has 0 unspecified atom stereocenters. The molecule has 0 spiro atoms. The number of carbonyl (C=O) groups excluding carboxylic acids is 1. The molecule has 0 aromatic carbocycles. The molecule has 170 valence electrons. The smallest absolute Gasteiger partial charge is 0.461 e.